The van der Waals surface area contributed by atoms with Crippen LogP contribution in [0, 0.1) is 0 Å². The van der Waals surface area contributed by atoms with Gasteiger partial charge in [-0.25, -0.2) is 0 Å². The van der Waals surface area contributed by atoms with E-state index in [0.717, 1.165) is 18.4 Å². The highest BCUT2D eigenvalue weighted by atomic mass is 32.1. The Hall–Kier alpha value is -5.52. The second-order valence-electron chi connectivity index (χ2n) is 14.1. The van der Waals surface area contributed by atoms with Gasteiger partial charge in [-0.15, -0.1) is 11.3 Å². The maximum atomic E-state index is 6.75. The van der Waals surface area contributed by atoms with Crippen molar-refractivity contribution in [1.29, 1.82) is 0 Å². The standard InChI is InChI=1S/C43H27BN2OS/c1-43(2)29-17-6-3-11-23(29)38-35(43)26-15-9-14-22(37(26)45-38)28-21-32-34(24-12-4-7-19-31(24)47-32)41-36(28)44-30-18-10-16-27-39(30)46(41)40-25-13-5-8-20-33(25)48-42(27)40/h3-21,44-45H,1-2H3. The summed E-state index contributed by atoms with van der Waals surface area (Å²) >= 11 is 1.91. The van der Waals surface area contributed by atoms with E-state index in [4.69, 9.17) is 4.42 Å². The van der Waals surface area contributed by atoms with Gasteiger partial charge in [0.1, 0.15) is 11.2 Å². The fraction of sp³-hybridized carbons (Fsp3) is 0.0698. The van der Waals surface area contributed by atoms with Crippen LogP contribution in [0.2, 0.25) is 0 Å². The largest absolute Gasteiger partial charge is 0.456 e. The van der Waals surface area contributed by atoms with Gasteiger partial charge in [0.15, 0.2) is 7.28 Å². The lowest BCUT2D eigenvalue weighted by molar-refractivity contribution is 0.666. The fourth-order valence-corrected chi connectivity index (χ4v) is 10.6. The van der Waals surface area contributed by atoms with E-state index in [-0.39, 0.29) is 5.41 Å². The Kier molecular flexibility index (Phi) is 4.52. The van der Waals surface area contributed by atoms with Gasteiger partial charge in [0.2, 0.25) is 0 Å². The summed E-state index contributed by atoms with van der Waals surface area (Å²) in [6.07, 6.45) is 0. The van der Waals surface area contributed by atoms with Crippen LogP contribution in [0.25, 0.3) is 92.1 Å². The molecule has 0 amide bonds. The van der Waals surface area contributed by atoms with Gasteiger partial charge < -0.3 is 14.0 Å². The molecule has 3 nitrogen and oxygen atoms in total. The molecule has 5 heteroatoms. The fourth-order valence-electron chi connectivity index (χ4n) is 9.39. The van der Waals surface area contributed by atoms with Gasteiger partial charge in [-0.05, 0) is 40.4 Å². The highest BCUT2D eigenvalue weighted by Crippen LogP contribution is 2.53. The topological polar surface area (TPSA) is 33.9 Å². The van der Waals surface area contributed by atoms with Gasteiger partial charge in [-0.3, -0.25) is 0 Å². The summed E-state index contributed by atoms with van der Waals surface area (Å²) in [5.74, 6) is 0. The molecule has 1 N–H and O–H groups in total. The molecule has 1 aliphatic carbocycles. The number of aromatic nitrogens is 2. The summed E-state index contributed by atoms with van der Waals surface area (Å²) in [6.45, 7) is 4.73. The summed E-state index contributed by atoms with van der Waals surface area (Å²) in [4.78, 5) is 3.98. The van der Waals surface area contributed by atoms with Gasteiger partial charge >= 0.3 is 0 Å². The van der Waals surface area contributed by atoms with Crippen molar-refractivity contribution in [2.45, 2.75) is 19.3 Å². The first kappa shape index (κ1) is 25.6. The van der Waals surface area contributed by atoms with Gasteiger partial charge in [-0.1, -0.05) is 116 Å². The number of fused-ring (bicyclic) bond motifs is 16. The van der Waals surface area contributed by atoms with Crippen molar-refractivity contribution in [1.82, 2.24) is 9.55 Å². The Labute approximate surface area is 280 Å². The van der Waals surface area contributed by atoms with Crippen LogP contribution in [0.15, 0.2) is 120 Å². The molecule has 0 saturated carbocycles. The molecular formula is C43H27BN2OS. The number of hydrogen-bond acceptors (Lipinski definition) is 2. The van der Waals surface area contributed by atoms with Crippen LogP contribution in [0.1, 0.15) is 25.0 Å². The molecule has 0 spiro atoms. The van der Waals surface area contributed by atoms with Crippen molar-refractivity contribution in [3.63, 3.8) is 0 Å². The zero-order chi connectivity index (χ0) is 31.5. The molecule has 224 valence electrons. The van der Waals surface area contributed by atoms with E-state index in [1.165, 1.54) is 103 Å². The van der Waals surface area contributed by atoms with Gasteiger partial charge in [-0.2, -0.15) is 0 Å². The predicted octanol–water partition coefficient (Wildman–Crippen LogP) is 10.1. The highest BCUT2D eigenvalue weighted by molar-refractivity contribution is 7.26. The number of thiophene rings is 1. The number of nitrogens with zero attached hydrogens (tertiary/aromatic N) is 1. The summed E-state index contributed by atoms with van der Waals surface area (Å²) in [5, 5.41) is 6.31. The molecule has 10 aromatic rings. The first-order valence-corrected chi connectivity index (χ1v) is 17.6. The number of nitrogens with one attached hydrogen (secondary N) is 1. The first-order chi connectivity index (χ1) is 23.6. The third-order valence-corrected chi connectivity index (χ3v) is 12.5. The molecule has 0 radical (unpaired) electrons. The van der Waals surface area contributed by atoms with Crippen LogP contribution in [-0.4, -0.2) is 16.8 Å². The average Bonchev–Trinajstić information content (AvgIpc) is 3.90. The van der Waals surface area contributed by atoms with Crippen molar-refractivity contribution < 1.29 is 4.42 Å². The maximum Gasteiger partial charge on any atom is 0.198 e. The Balaban J connectivity index is 1.27. The molecule has 4 aromatic heterocycles. The summed E-state index contributed by atoms with van der Waals surface area (Å²) in [7, 11) is 0.859. The van der Waals surface area contributed by atoms with Gasteiger partial charge in [0.05, 0.1) is 32.5 Å². The number of rotatable bonds is 1. The Morgan fingerprint density at radius 1 is 0.688 bits per heavy atom. The second-order valence-corrected chi connectivity index (χ2v) is 15.2. The van der Waals surface area contributed by atoms with E-state index >= 15 is 0 Å². The van der Waals surface area contributed by atoms with Gasteiger partial charge in [0.25, 0.3) is 0 Å². The van der Waals surface area contributed by atoms with Crippen LogP contribution < -0.4 is 10.9 Å². The molecule has 2 aliphatic rings. The second kappa shape index (κ2) is 8.49. The molecular weight excluding hydrogens is 603 g/mol. The monoisotopic (exact) mass is 630 g/mol. The van der Waals surface area contributed by atoms with Crippen molar-refractivity contribution in [2.24, 2.45) is 0 Å². The Morgan fingerprint density at radius 3 is 2.38 bits per heavy atom. The number of hydrogen-bond donors (Lipinski definition) is 1. The van der Waals surface area contributed by atoms with Crippen molar-refractivity contribution >= 4 is 93.6 Å². The van der Waals surface area contributed by atoms with Crippen LogP contribution in [0.5, 0.6) is 0 Å². The Bertz CT molecular complexity index is 3080. The number of furan rings is 1. The van der Waals surface area contributed by atoms with Crippen LogP contribution >= 0.6 is 11.3 Å². The lowest BCUT2D eigenvalue weighted by Crippen LogP contribution is -2.37. The molecule has 1 aliphatic heterocycles. The SMILES string of the molecule is CC1(C)c2ccccc2-c2[nH]c3c(-c4cc5oc6ccccc6c5c5c4Bc4cccc6c7sc8ccccc8c7n-5c46)cccc3c21. The highest BCUT2D eigenvalue weighted by Gasteiger charge is 2.39. The molecule has 48 heavy (non-hydrogen) atoms. The first-order valence-electron chi connectivity index (χ1n) is 16.7. The molecule has 12 rings (SSSR count). The number of para-hydroxylation sites is 3. The van der Waals surface area contributed by atoms with Gasteiger partial charge in [0, 0.05) is 48.3 Å². The molecule has 0 saturated heterocycles. The number of benzene rings is 6. The van der Waals surface area contributed by atoms with Crippen molar-refractivity contribution in [3.05, 3.63) is 126 Å². The van der Waals surface area contributed by atoms with E-state index in [1.54, 1.807) is 0 Å². The summed E-state index contributed by atoms with van der Waals surface area (Å²) < 4.78 is 12.0. The molecule has 5 heterocycles. The van der Waals surface area contributed by atoms with Crippen molar-refractivity contribution in [2.75, 3.05) is 0 Å². The Morgan fingerprint density at radius 2 is 1.44 bits per heavy atom. The van der Waals surface area contributed by atoms with E-state index in [2.05, 4.69) is 139 Å². The van der Waals surface area contributed by atoms with Crippen LogP contribution in [0.4, 0.5) is 0 Å². The van der Waals surface area contributed by atoms with E-state index in [9.17, 15) is 0 Å². The third-order valence-electron chi connectivity index (χ3n) is 11.3. The lowest BCUT2D eigenvalue weighted by Gasteiger charge is -2.25. The van der Waals surface area contributed by atoms with Crippen LogP contribution in [0.3, 0.4) is 0 Å². The quantitative estimate of drug-likeness (QED) is 0.180. The van der Waals surface area contributed by atoms with Crippen molar-refractivity contribution in [3.8, 4) is 28.1 Å². The average molecular weight is 631 g/mol. The summed E-state index contributed by atoms with van der Waals surface area (Å²) in [5.41, 5.74) is 17.4. The molecule has 0 bridgehead atoms. The minimum absolute atomic E-state index is 0.0911. The predicted molar refractivity (Wildman–Crippen MR) is 205 cm³/mol. The van der Waals surface area contributed by atoms with E-state index < -0.39 is 0 Å². The number of aromatic amines is 1. The molecule has 0 atom stereocenters. The number of H-pyrrole nitrogens is 1. The molecule has 0 unspecified atom stereocenters. The molecule has 6 aromatic carbocycles. The zero-order valence-corrected chi connectivity index (χ0v) is 27.3. The third kappa shape index (κ3) is 2.90. The lowest BCUT2D eigenvalue weighted by atomic mass is 9.58. The normalized spacial score (nSPS) is 14.4. The van der Waals surface area contributed by atoms with Crippen LogP contribution in [-0.2, 0) is 5.41 Å². The smallest absolute Gasteiger partial charge is 0.198 e. The minimum atomic E-state index is -0.0911. The van der Waals surface area contributed by atoms with E-state index in [0.29, 0.717) is 0 Å². The minimum Gasteiger partial charge on any atom is -0.456 e. The summed E-state index contributed by atoms with van der Waals surface area (Å²) in [6, 6.07) is 42.4. The maximum absolute atomic E-state index is 6.75. The zero-order valence-electron chi connectivity index (χ0n) is 26.4. The molecule has 0 fully saturated rings. The van der Waals surface area contributed by atoms with E-state index in [1.807, 2.05) is 11.3 Å².